The molecule has 0 unspecified atom stereocenters. The summed E-state index contributed by atoms with van der Waals surface area (Å²) in [4.78, 5) is 25.8. The Kier molecular flexibility index (Phi) is 5.18. The van der Waals surface area contributed by atoms with Crippen molar-refractivity contribution in [3.63, 3.8) is 0 Å². The Morgan fingerprint density at radius 1 is 1.35 bits per heavy atom. The van der Waals surface area contributed by atoms with Crippen LogP contribution < -0.4 is 10.1 Å². The summed E-state index contributed by atoms with van der Waals surface area (Å²) >= 11 is 0. The molecule has 0 aromatic heterocycles. The van der Waals surface area contributed by atoms with Gasteiger partial charge in [-0.2, -0.15) is 8.78 Å². The molecule has 0 saturated carbocycles. The van der Waals surface area contributed by atoms with E-state index in [1.165, 1.54) is 12.1 Å². The van der Waals surface area contributed by atoms with Gasteiger partial charge in [-0.1, -0.05) is 12.1 Å². The van der Waals surface area contributed by atoms with Gasteiger partial charge in [0.1, 0.15) is 11.3 Å². The molecular formula is C16H20F2N2O3. The topological polar surface area (TPSA) is 58.6 Å². The third-order valence-corrected chi connectivity index (χ3v) is 3.93. The molecule has 0 spiro atoms. The van der Waals surface area contributed by atoms with E-state index in [0.717, 1.165) is 5.56 Å². The van der Waals surface area contributed by atoms with E-state index in [2.05, 4.69) is 10.1 Å². The Bertz CT molecular complexity index is 573. The highest BCUT2D eigenvalue weighted by molar-refractivity contribution is 5.91. The van der Waals surface area contributed by atoms with Gasteiger partial charge in [0, 0.05) is 19.5 Å². The Hall–Kier alpha value is -2.18. The van der Waals surface area contributed by atoms with Crippen molar-refractivity contribution in [3.8, 4) is 5.75 Å². The highest BCUT2D eigenvalue weighted by atomic mass is 19.3. The Balaban J connectivity index is 1.92. The summed E-state index contributed by atoms with van der Waals surface area (Å²) in [6, 6.07) is 6.20. The van der Waals surface area contributed by atoms with Crippen LogP contribution >= 0.6 is 0 Å². The molecule has 23 heavy (non-hydrogen) atoms. The minimum absolute atomic E-state index is 0.0870. The van der Waals surface area contributed by atoms with Crippen LogP contribution in [-0.2, 0) is 16.0 Å². The van der Waals surface area contributed by atoms with Crippen LogP contribution in [0.4, 0.5) is 8.78 Å². The van der Waals surface area contributed by atoms with E-state index in [0.29, 0.717) is 19.5 Å². The fourth-order valence-electron chi connectivity index (χ4n) is 2.56. The first-order valence-corrected chi connectivity index (χ1v) is 7.43. The van der Waals surface area contributed by atoms with E-state index in [1.54, 1.807) is 30.9 Å². The molecule has 0 aliphatic carbocycles. The first-order valence-electron chi connectivity index (χ1n) is 7.43. The second-order valence-electron chi connectivity index (χ2n) is 5.88. The number of alkyl halides is 2. The van der Waals surface area contributed by atoms with Crippen molar-refractivity contribution in [2.75, 3.05) is 13.1 Å². The second-order valence-corrected chi connectivity index (χ2v) is 5.88. The number of carbonyl (C=O) groups excluding carboxylic acids is 2. The molecule has 1 saturated heterocycles. The van der Waals surface area contributed by atoms with Gasteiger partial charge >= 0.3 is 6.61 Å². The van der Waals surface area contributed by atoms with Gasteiger partial charge in [0.05, 0.1) is 0 Å². The van der Waals surface area contributed by atoms with Crippen LogP contribution in [0.5, 0.6) is 5.75 Å². The third kappa shape index (κ3) is 4.18. The number of benzene rings is 1. The van der Waals surface area contributed by atoms with E-state index in [4.69, 9.17) is 0 Å². The fourth-order valence-corrected chi connectivity index (χ4v) is 2.56. The molecule has 2 rings (SSSR count). The van der Waals surface area contributed by atoms with Crippen LogP contribution in [0, 0.1) is 0 Å². The van der Waals surface area contributed by atoms with Gasteiger partial charge < -0.3 is 15.0 Å². The quantitative estimate of drug-likeness (QED) is 0.900. The van der Waals surface area contributed by atoms with E-state index < -0.39 is 12.2 Å². The highest BCUT2D eigenvalue weighted by Crippen LogP contribution is 2.20. The molecule has 2 amide bonds. The molecule has 5 nitrogen and oxygen atoms in total. The number of nitrogens with one attached hydrogen (secondary N) is 1. The maximum absolute atomic E-state index is 12.4. The summed E-state index contributed by atoms with van der Waals surface area (Å²) in [6.07, 6.45) is 0.730. The number of hydrogen-bond donors (Lipinski definition) is 1. The monoisotopic (exact) mass is 326 g/mol. The SMILES string of the molecule is CC1(C)C(=O)NCCN1C(=O)CCc1ccc(OC(F)F)cc1. The predicted molar refractivity (Wildman–Crippen MR) is 80.2 cm³/mol. The zero-order valence-electron chi connectivity index (χ0n) is 13.1. The van der Waals surface area contributed by atoms with Crippen molar-refractivity contribution < 1.29 is 23.1 Å². The molecular weight excluding hydrogens is 306 g/mol. The van der Waals surface area contributed by atoms with Gasteiger partial charge in [-0.05, 0) is 38.0 Å². The number of amides is 2. The standard InChI is InChI=1S/C16H20F2N2O3/c1-16(2)14(22)19-9-10-20(16)13(21)8-5-11-3-6-12(7-4-11)23-15(17)18/h3-4,6-7,15H,5,8-10H2,1-2H3,(H,19,22). The van der Waals surface area contributed by atoms with E-state index >= 15 is 0 Å². The summed E-state index contributed by atoms with van der Waals surface area (Å²) in [5, 5.41) is 2.74. The van der Waals surface area contributed by atoms with Gasteiger partial charge in [0.2, 0.25) is 11.8 Å². The zero-order chi connectivity index (χ0) is 17.0. The normalized spacial score (nSPS) is 17.1. The largest absolute Gasteiger partial charge is 0.435 e. The second kappa shape index (κ2) is 6.93. The summed E-state index contributed by atoms with van der Waals surface area (Å²) in [5.74, 6) is -0.174. The van der Waals surface area contributed by atoms with Gasteiger partial charge in [-0.25, -0.2) is 0 Å². The average Bonchev–Trinajstić information content (AvgIpc) is 2.48. The minimum Gasteiger partial charge on any atom is -0.435 e. The van der Waals surface area contributed by atoms with Gasteiger partial charge in [0.15, 0.2) is 0 Å². The van der Waals surface area contributed by atoms with Crippen molar-refractivity contribution in [3.05, 3.63) is 29.8 Å². The van der Waals surface area contributed by atoms with E-state index in [1.807, 2.05) is 0 Å². The smallest absolute Gasteiger partial charge is 0.387 e. The van der Waals surface area contributed by atoms with Crippen LogP contribution in [0.1, 0.15) is 25.8 Å². The highest BCUT2D eigenvalue weighted by Gasteiger charge is 2.39. The van der Waals surface area contributed by atoms with Crippen molar-refractivity contribution >= 4 is 11.8 Å². The van der Waals surface area contributed by atoms with Gasteiger partial charge in [-0.3, -0.25) is 9.59 Å². The number of ether oxygens (including phenoxy) is 1. The molecule has 1 N–H and O–H groups in total. The molecule has 1 aliphatic rings. The lowest BCUT2D eigenvalue weighted by Crippen LogP contribution is -2.63. The molecule has 1 aromatic rings. The van der Waals surface area contributed by atoms with E-state index in [9.17, 15) is 18.4 Å². The Labute approximate surface area is 133 Å². The number of aryl methyl sites for hydroxylation is 1. The number of rotatable bonds is 5. The van der Waals surface area contributed by atoms with Crippen LogP contribution in [0.3, 0.4) is 0 Å². The van der Waals surface area contributed by atoms with Crippen LogP contribution in [-0.4, -0.2) is 42.0 Å². The van der Waals surface area contributed by atoms with Gasteiger partial charge in [0.25, 0.3) is 0 Å². The van der Waals surface area contributed by atoms with Crippen molar-refractivity contribution in [2.45, 2.75) is 38.8 Å². The van der Waals surface area contributed by atoms with Crippen molar-refractivity contribution in [1.82, 2.24) is 10.2 Å². The van der Waals surface area contributed by atoms with Crippen LogP contribution in [0.15, 0.2) is 24.3 Å². The summed E-state index contributed by atoms with van der Waals surface area (Å²) in [7, 11) is 0. The summed E-state index contributed by atoms with van der Waals surface area (Å²) < 4.78 is 28.4. The molecule has 1 aliphatic heterocycles. The molecule has 7 heteroatoms. The number of halogens is 2. The minimum atomic E-state index is -2.85. The fraction of sp³-hybridized carbons (Fsp3) is 0.500. The van der Waals surface area contributed by atoms with Gasteiger partial charge in [-0.15, -0.1) is 0 Å². The molecule has 0 bridgehead atoms. The number of carbonyl (C=O) groups is 2. The molecule has 0 radical (unpaired) electrons. The summed E-state index contributed by atoms with van der Waals surface area (Å²) in [6.45, 7) is 1.52. The average molecular weight is 326 g/mol. The molecule has 126 valence electrons. The molecule has 1 aromatic carbocycles. The number of nitrogens with zero attached hydrogens (tertiary/aromatic N) is 1. The first kappa shape index (κ1) is 17.2. The van der Waals surface area contributed by atoms with Crippen molar-refractivity contribution in [2.24, 2.45) is 0 Å². The Morgan fingerprint density at radius 3 is 2.61 bits per heavy atom. The molecule has 1 heterocycles. The zero-order valence-corrected chi connectivity index (χ0v) is 13.1. The summed E-state index contributed by atoms with van der Waals surface area (Å²) in [5.41, 5.74) is -0.0103. The Morgan fingerprint density at radius 2 is 2.00 bits per heavy atom. The lowest BCUT2D eigenvalue weighted by molar-refractivity contribution is -0.149. The van der Waals surface area contributed by atoms with Crippen LogP contribution in [0.25, 0.3) is 0 Å². The molecule has 0 atom stereocenters. The maximum Gasteiger partial charge on any atom is 0.387 e. The molecule has 1 fully saturated rings. The predicted octanol–water partition coefficient (Wildman–Crippen LogP) is 1.96. The third-order valence-electron chi connectivity index (χ3n) is 3.93. The lowest BCUT2D eigenvalue weighted by Gasteiger charge is -2.41. The van der Waals surface area contributed by atoms with E-state index in [-0.39, 0.29) is 24.0 Å². The lowest BCUT2D eigenvalue weighted by atomic mass is 9.97. The van der Waals surface area contributed by atoms with Crippen LogP contribution in [0.2, 0.25) is 0 Å². The maximum atomic E-state index is 12.4. The first-order chi connectivity index (χ1) is 10.8. The number of hydrogen-bond acceptors (Lipinski definition) is 3. The number of piperazine rings is 1. The van der Waals surface area contributed by atoms with Crippen molar-refractivity contribution in [1.29, 1.82) is 0 Å².